The molecule has 1 N–H and O–H groups in total. The van der Waals surface area contributed by atoms with Crippen molar-refractivity contribution < 1.29 is 19.1 Å². The Balaban J connectivity index is 1.46. The molecule has 1 fully saturated rings. The number of carbonyl (C=O) groups is 3. The lowest BCUT2D eigenvalue weighted by molar-refractivity contribution is -0.122. The van der Waals surface area contributed by atoms with Crippen LogP contribution < -0.4 is 15.0 Å². The standard InChI is InChI=1S/C26H24ClN3O4/c1-2-18-6-10-20(11-7-18)30-25(32)23(24(31)28-26(30)33)17-21-5-3-14-29(21)15-4-16-34-22-12-8-19(27)9-13-22/h3,5-14,17H,2,4,15-16H2,1H3,(H,28,31,33). The van der Waals surface area contributed by atoms with Crippen LogP contribution in [-0.2, 0) is 22.6 Å². The number of urea groups is 1. The lowest BCUT2D eigenvalue weighted by atomic mass is 10.1. The summed E-state index contributed by atoms with van der Waals surface area (Å²) in [6.07, 6.45) is 4.93. The molecule has 0 atom stereocenters. The lowest BCUT2D eigenvalue weighted by Gasteiger charge is -2.26. The maximum absolute atomic E-state index is 13.1. The Hall–Kier alpha value is -3.84. The quantitative estimate of drug-likeness (QED) is 0.286. The topological polar surface area (TPSA) is 80.6 Å². The number of rotatable bonds is 8. The zero-order valence-corrected chi connectivity index (χ0v) is 19.4. The van der Waals surface area contributed by atoms with E-state index in [0.717, 1.165) is 22.6 Å². The first kappa shape index (κ1) is 23.3. The van der Waals surface area contributed by atoms with E-state index in [4.69, 9.17) is 16.3 Å². The molecule has 7 nitrogen and oxygen atoms in total. The van der Waals surface area contributed by atoms with Crippen LogP contribution in [0.4, 0.5) is 10.5 Å². The van der Waals surface area contributed by atoms with Gasteiger partial charge in [0.1, 0.15) is 11.3 Å². The number of nitrogens with one attached hydrogen (secondary N) is 1. The number of nitrogens with zero attached hydrogens (tertiary/aromatic N) is 2. The SMILES string of the molecule is CCc1ccc(N2C(=O)NC(=O)C(=Cc3cccn3CCCOc3ccc(Cl)cc3)C2=O)cc1. The molecule has 0 unspecified atom stereocenters. The van der Waals surface area contributed by atoms with Crippen LogP contribution in [0.3, 0.4) is 0 Å². The predicted molar refractivity (Wildman–Crippen MR) is 131 cm³/mol. The Morgan fingerprint density at radius 3 is 2.44 bits per heavy atom. The number of hydrogen-bond donors (Lipinski definition) is 1. The van der Waals surface area contributed by atoms with Gasteiger partial charge in [0.05, 0.1) is 12.3 Å². The van der Waals surface area contributed by atoms with Gasteiger partial charge in [0.2, 0.25) is 0 Å². The Morgan fingerprint density at radius 2 is 1.74 bits per heavy atom. The molecule has 1 aliphatic heterocycles. The molecule has 3 aromatic rings. The summed E-state index contributed by atoms with van der Waals surface area (Å²) in [5.41, 5.74) is 2.07. The van der Waals surface area contributed by atoms with E-state index >= 15 is 0 Å². The highest BCUT2D eigenvalue weighted by Crippen LogP contribution is 2.23. The fourth-order valence-corrected chi connectivity index (χ4v) is 3.76. The smallest absolute Gasteiger partial charge is 0.335 e. The second-order valence-corrected chi connectivity index (χ2v) is 8.20. The number of anilines is 1. The van der Waals surface area contributed by atoms with Gasteiger partial charge in [-0.2, -0.15) is 0 Å². The van der Waals surface area contributed by atoms with E-state index in [2.05, 4.69) is 5.32 Å². The number of carbonyl (C=O) groups excluding carboxylic acids is 3. The first-order chi connectivity index (χ1) is 16.5. The van der Waals surface area contributed by atoms with Crippen LogP contribution in [0, 0.1) is 0 Å². The van der Waals surface area contributed by atoms with Gasteiger partial charge in [-0.1, -0.05) is 30.7 Å². The van der Waals surface area contributed by atoms with Gasteiger partial charge in [-0.15, -0.1) is 0 Å². The summed E-state index contributed by atoms with van der Waals surface area (Å²) in [6, 6.07) is 17.2. The van der Waals surface area contributed by atoms with E-state index in [9.17, 15) is 14.4 Å². The fraction of sp³-hybridized carbons (Fsp3) is 0.192. The average Bonchev–Trinajstić information content (AvgIpc) is 3.28. The number of amides is 4. The van der Waals surface area contributed by atoms with Crippen molar-refractivity contribution in [3.8, 4) is 5.75 Å². The van der Waals surface area contributed by atoms with E-state index in [1.54, 1.807) is 24.3 Å². The van der Waals surface area contributed by atoms with Gasteiger partial charge in [-0.3, -0.25) is 14.9 Å². The largest absolute Gasteiger partial charge is 0.494 e. The second kappa shape index (κ2) is 10.4. The monoisotopic (exact) mass is 477 g/mol. The summed E-state index contributed by atoms with van der Waals surface area (Å²) in [5.74, 6) is -0.632. The number of ether oxygens (including phenoxy) is 1. The first-order valence-corrected chi connectivity index (χ1v) is 11.4. The molecule has 1 aromatic heterocycles. The van der Waals surface area contributed by atoms with E-state index in [-0.39, 0.29) is 5.57 Å². The maximum atomic E-state index is 13.1. The molecule has 4 amide bonds. The van der Waals surface area contributed by atoms with Crippen molar-refractivity contribution in [2.24, 2.45) is 0 Å². The number of imide groups is 2. The predicted octanol–water partition coefficient (Wildman–Crippen LogP) is 4.84. The number of barbiturate groups is 1. The number of hydrogen-bond acceptors (Lipinski definition) is 4. The highest BCUT2D eigenvalue weighted by Gasteiger charge is 2.36. The van der Waals surface area contributed by atoms with Crippen LogP contribution in [0.15, 0.2) is 72.4 Å². The number of aryl methyl sites for hydroxylation is 2. The van der Waals surface area contributed by atoms with Crippen molar-refractivity contribution >= 4 is 41.2 Å². The van der Waals surface area contributed by atoms with Crippen molar-refractivity contribution in [2.75, 3.05) is 11.5 Å². The molecule has 0 bridgehead atoms. The number of halogens is 1. The Morgan fingerprint density at radius 1 is 1.00 bits per heavy atom. The molecule has 34 heavy (non-hydrogen) atoms. The Kier molecular flexibility index (Phi) is 7.13. The van der Waals surface area contributed by atoms with E-state index < -0.39 is 17.8 Å². The molecule has 174 valence electrons. The van der Waals surface area contributed by atoms with E-state index in [0.29, 0.717) is 36.0 Å². The summed E-state index contributed by atoms with van der Waals surface area (Å²) >= 11 is 5.88. The van der Waals surface area contributed by atoms with Crippen LogP contribution in [0.5, 0.6) is 5.75 Å². The normalized spacial score (nSPS) is 15.1. The molecule has 8 heteroatoms. The number of benzene rings is 2. The summed E-state index contributed by atoms with van der Waals surface area (Å²) in [4.78, 5) is 39.0. The second-order valence-electron chi connectivity index (χ2n) is 7.76. The van der Waals surface area contributed by atoms with Crippen molar-refractivity contribution in [3.63, 3.8) is 0 Å². The molecule has 2 aromatic carbocycles. The summed E-state index contributed by atoms with van der Waals surface area (Å²) in [7, 11) is 0. The third kappa shape index (κ3) is 5.21. The zero-order valence-electron chi connectivity index (χ0n) is 18.7. The molecule has 1 saturated heterocycles. The third-order valence-corrected chi connectivity index (χ3v) is 5.74. The molecular formula is C26H24ClN3O4. The zero-order chi connectivity index (χ0) is 24.1. The van der Waals surface area contributed by atoms with Crippen molar-refractivity contribution in [1.29, 1.82) is 0 Å². The van der Waals surface area contributed by atoms with E-state index in [1.165, 1.54) is 6.08 Å². The molecule has 0 saturated carbocycles. The molecular weight excluding hydrogens is 454 g/mol. The van der Waals surface area contributed by atoms with Crippen molar-refractivity contribution in [2.45, 2.75) is 26.3 Å². The van der Waals surface area contributed by atoms with Gasteiger partial charge >= 0.3 is 6.03 Å². The van der Waals surface area contributed by atoms with Gasteiger partial charge < -0.3 is 9.30 Å². The number of aromatic nitrogens is 1. The molecule has 4 rings (SSSR count). The molecule has 2 heterocycles. The van der Waals surface area contributed by atoms with E-state index in [1.807, 2.05) is 54.1 Å². The summed E-state index contributed by atoms with van der Waals surface area (Å²) in [5, 5.41) is 2.91. The summed E-state index contributed by atoms with van der Waals surface area (Å²) < 4.78 is 7.65. The van der Waals surface area contributed by atoms with Gasteiger partial charge in [-0.05, 0) is 73.0 Å². The molecule has 0 spiro atoms. The van der Waals surface area contributed by atoms with Crippen LogP contribution >= 0.6 is 11.6 Å². The maximum Gasteiger partial charge on any atom is 0.335 e. The fourth-order valence-electron chi connectivity index (χ4n) is 3.64. The van der Waals surface area contributed by atoms with Crippen LogP contribution in [0.2, 0.25) is 5.02 Å². The first-order valence-electron chi connectivity index (χ1n) is 11.0. The minimum atomic E-state index is -0.758. The van der Waals surface area contributed by atoms with Crippen LogP contribution in [0.25, 0.3) is 6.08 Å². The minimum Gasteiger partial charge on any atom is -0.494 e. The van der Waals surface area contributed by atoms with Crippen LogP contribution in [-0.4, -0.2) is 29.0 Å². The third-order valence-electron chi connectivity index (χ3n) is 5.49. The summed E-state index contributed by atoms with van der Waals surface area (Å²) in [6.45, 7) is 3.13. The van der Waals surface area contributed by atoms with Gasteiger partial charge in [0.15, 0.2) is 0 Å². The molecule has 0 aliphatic carbocycles. The highest BCUT2D eigenvalue weighted by molar-refractivity contribution is 6.39. The van der Waals surface area contributed by atoms with Crippen molar-refractivity contribution in [1.82, 2.24) is 9.88 Å². The molecule has 0 radical (unpaired) electrons. The van der Waals surface area contributed by atoms with Gasteiger partial charge in [-0.25, -0.2) is 9.69 Å². The van der Waals surface area contributed by atoms with Gasteiger partial charge in [0.25, 0.3) is 11.8 Å². The highest BCUT2D eigenvalue weighted by atomic mass is 35.5. The Labute approximate surface area is 202 Å². The Bertz CT molecular complexity index is 1230. The average molecular weight is 478 g/mol. The minimum absolute atomic E-state index is 0.100. The molecule has 1 aliphatic rings. The lowest BCUT2D eigenvalue weighted by Crippen LogP contribution is -2.54. The van der Waals surface area contributed by atoms with Crippen molar-refractivity contribution in [3.05, 3.63) is 88.7 Å². The van der Waals surface area contributed by atoms with Gasteiger partial charge in [0, 0.05) is 23.5 Å². The van der Waals surface area contributed by atoms with Crippen LogP contribution in [0.1, 0.15) is 24.6 Å².